The van der Waals surface area contributed by atoms with Gasteiger partial charge in [0.15, 0.2) is 5.75 Å². The Kier molecular flexibility index (Phi) is 9.53. The molecule has 0 radical (unpaired) electrons. The van der Waals surface area contributed by atoms with Gasteiger partial charge in [0.1, 0.15) is 12.6 Å². The van der Waals surface area contributed by atoms with E-state index in [1.54, 1.807) is 12.1 Å². The van der Waals surface area contributed by atoms with Crippen LogP contribution in [0.25, 0.3) is 0 Å². The van der Waals surface area contributed by atoms with Gasteiger partial charge in [-0.15, -0.1) is 11.3 Å². The number of rotatable bonds is 11. The van der Waals surface area contributed by atoms with Gasteiger partial charge in [0, 0.05) is 30.9 Å². The van der Waals surface area contributed by atoms with Crippen molar-refractivity contribution in [3.05, 3.63) is 39.5 Å². The normalized spacial score (nSPS) is 16.9. The molecular formula is C25H29ClF2N4O5S. The zero-order valence-corrected chi connectivity index (χ0v) is 22.3. The Morgan fingerprint density at radius 2 is 2.08 bits per heavy atom. The lowest BCUT2D eigenvalue weighted by Crippen LogP contribution is -2.56. The maximum absolute atomic E-state index is 13.5. The quantitative estimate of drug-likeness (QED) is 0.424. The van der Waals surface area contributed by atoms with Gasteiger partial charge >= 0.3 is 6.61 Å². The molecule has 2 heterocycles. The van der Waals surface area contributed by atoms with E-state index >= 15 is 0 Å². The highest BCUT2D eigenvalue weighted by Gasteiger charge is 2.34. The second-order valence-electron chi connectivity index (χ2n) is 8.89. The van der Waals surface area contributed by atoms with Crippen molar-refractivity contribution in [2.75, 3.05) is 43.1 Å². The molecule has 1 aromatic carbocycles. The average Bonchev–Trinajstić information content (AvgIpc) is 3.29. The van der Waals surface area contributed by atoms with Crippen LogP contribution in [0.3, 0.4) is 0 Å². The smallest absolute Gasteiger partial charge is 0.387 e. The molecule has 4 rings (SSSR count). The van der Waals surface area contributed by atoms with Crippen molar-refractivity contribution in [3.8, 4) is 5.75 Å². The monoisotopic (exact) mass is 570 g/mol. The molecule has 0 unspecified atom stereocenters. The highest BCUT2D eigenvalue weighted by molar-refractivity contribution is 7.18. The number of ether oxygens (including phenoxy) is 2. The van der Waals surface area contributed by atoms with Crippen molar-refractivity contribution in [2.24, 2.45) is 0 Å². The Morgan fingerprint density at radius 1 is 1.29 bits per heavy atom. The van der Waals surface area contributed by atoms with Crippen LogP contribution in [-0.2, 0) is 14.3 Å². The molecular weight excluding hydrogens is 542 g/mol. The summed E-state index contributed by atoms with van der Waals surface area (Å²) < 4.78 is 36.7. The van der Waals surface area contributed by atoms with Gasteiger partial charge in [0.2, 0.25) is 5.91 Å². The molecule has 13 heteroatoms. The number of hydrogen-bond acceptors (Lipinski definition) is 7. The molecule has 1 saturated carbocycles. The summed E-state index contributed by atoms with van der Waals surface area (Å²) in [5.74, 6) is -1.36. The SMILES string of the molecule is CCN(C1CCC1)[C@H](CNC(=O)c1ccc(Cl)s1)C(=O)Nc1ccc(N2CCOCC2=O)c(OC(F)F)c1. The van der Waals surface area contributed by atoms with Crippen LogP contribution in [0.1, 0.15) is 35.9 Å². The van der Waals surface area contributed by atoms with E-state index in [4.69, 9.17) is 21.1 Å². The summed E-state index contributed by atoms with van der Waals surface area (Å²) in [6.45, 7) is -0.259. The molecule has 1 aromatic heterocycles. The number of carbonyl (C=O) groups excluding carboxylic acids is 3. The van der Waals surface area contributed by atoms with Gasteiger partial charge in [0.25, 0.3) is 11.8 Å². The number of thiophene rings is 1. The lowest BCUT2D eigenvalue weighted by Gasteiger charge is -2.41. The van der Waals surface area contributed by atoms with Crippen LogP contribution >= 0.6 is 22.9 Å². The Balaban J connectivity index is 1.53. The maximum Gasteiger partial charge on any atom is 0.387 e. The first kappa shape index (κ1) is 28.2. The van der Waals surface area contributed by atoms with Crippen molar-refractivity contribution in [1.29, 1.82) is 0 Å². The van der Waals surface area contributed by atoms with Gasteiger partial charge in [-0.3, -0.25) is 19.3 Å². The number of benzene rings is 1. The molecule has 2 N–H and O–H groups in total. The molecule has 2 fully saturated rings. The third-order valence-electron chi connectivity index (χ3n) is 6.58. The van der Waals surface area contributed by atoms with Gasteiger partial charge in [-0.25, -0.2) is 0 Å². The van der Waals surface area contributed by atoms with Crippen molar-refractivity contribution < 1.29 is 32.6 Å². The van der Waals surface area contributed by atoms with Gasteiger partial charge in [-0.05, 0) is 43.7 Å². The second-order valence-corrected chi connectivity index (χ2v) is 10.6. The molecule has 1 aliphatic carbocycles. The van der Waals surface area contributed by atoms with E-state index in [-0.39, 0.29) is 61.3 Å². The predicted molar refractivity (Wildman–Crippen MR) is 140 cm³/mol. The zero-order chi connectivity index (χ0) is 27.2. The fourth-order valence-electron chi connectivity index (χ4n) is 4.53. The molecule has 0 spiro atoms. The number of amides is 3. The Hall–Kier alpha value is -2.80. The predicted octanol–water partition coefficient (Wildman–Crippen LogP) is 3.98. The minimum atomic E-state index is -3.13. The number of nitrogens with zero attached hydrogens (tertiary/aromatic N) is 2. The van der Waals surface area contributed by atoms with Gasteiger partial charge in [-0.2, -0.15) is 8.78 Å². The number of halogens is 3. The van der Waals surface area contributed by atoms with Crippen LogP contribution in [0, 0.1) is 0 Å². The first-order chi connectivity index (χ1) is 18.3. The van der Waals surface area contributed by atoms with Crippen LogP contribution in [0.5, 0.6) is 5.75 Å². The molecule has 9 nitrogen and oxygen atoms in total. The first-order valence-corrected chi connectivity index (χ1v) is 13.5. The number of carbonyl (C=O) groups is 3. The largest absolute Gasteiger partial charge is 0.433 e. The van der Waals surface area contributed by atoms with E-state index in [2.05, 4.69) is 10.6 Å². The minimum Gasteiger partial charge on any atom is -0.433 e. The summed E-state index contributed by atoms with van der Waals surface area (Å²) in [5, 5.41) is 5.60. The first-order valence-electron chi connectivity index (χ1n) is 12.3. The van der Waals surface area contributed by atoms with Crippen LogP contribution in [-0.4, -0.2) is 74.2 Å². The average molecular weight is 571 g/mol. The molecule has 1 saturated heterocycles. The molecule has 2 aromatic rings. The summed E-state index contributed by atoms with van der Waals surface area (Å²) in [5.41, 5.74) is 0.390. The van der Waals surface area contributed by atoms with E-state index in [1.165, 1.54) is 23.1 Å². The number of likely N-dealkylation sites (N-methyl/N-ethyl adjacent to an activating group) is 1. The highest BCUT2D eigenvalue weighted by Crippen LogP contribution is 2.34. The lowest BCUT2D eigenvalue weighted by molar-refractivity contribution is -0.126. The maximum atomic E-state index is 13.5. The summed E-state index contributed by atoms with van der Waals surface area (Å²) in [7, 11) is 0. The molecule has 1 aliphatic heterocycles. The number of hydrogen-bond donors (Lipinski definition) is 2. The Labute approximate surface area is 228 Å². The van der Waals surface area contributed by atoms with Crippen molar-refractivity contribution in [1.82, 2.24) is 10.2 Å². The Morgan fingerprint density at radius 3 is 2.68 bits per heavy atom. The van der Waals surface area contributed by atoms with E-state index in [0.29, 0.717) is 15.8 Å². The van der Waals surface area contributed by atoms with E-state index in [1.807, 2.05) is 11.8 Å². The summed E-state index contributed by atoms with van der Waals surface area (Å²) in [6.07, 6.45) is 2.95. The van der Waals surface area contributed by atoms with Crippen molar-refractivity contribution in [2.45, 2.75) is 44.9 Å². The topological polar surface area (TPSA) is 100 Å². The third-order valence-corrected chi connectivity index (χ3v) is 7.81. The summed E-state index contributed by atoms with van der Waals surface area (Å²) >= 11 is 7.09. The fraction of sp³-hybridized carbons (Fsp3) is 0.480. The van der Waals surface area contributed by atoms with E-state index in [9.17, 15) is 23.2 Å². The third kappa shape index (κ3) is 6.79. The zero-order valence-electron chi connectivity index (χ0n) is 20.8. The van der Waals surface area contributed by atoms with Crippen LogP contribution in [0.15, 0.2) is 30.3 Å². The minimum absolute atomic E-state index is 0.0469. The van der Waals surface area contributed by atoms with Gasteiger partial charge < -0.3 is 25.0 Å². The van der Waals surface area contributed by atoms with Crippen molar-refractivity contribution >= 4 is 52.0 Å². The summed E-state index contributed by atoms with van der Waals surface area (Å²) in [4.78, 5) is 42.2. The number of alkyl halides is 2. The van der Waals surface area contributed by atoms with Crippen LogP contribution < -0.4 is 20.3 Å². The molecule has 1 atom stereocenters. The molecule has 3 amide bonds. The van der Waals surface area contributed by atoms with E-state index < -0.39 is 18.6 Å². The molecule has 38 heavy (non-hydrogen) atoms. The standard InChI is InChI=1S/C25H29ClF2N4O5S/c1-2-31(16-4-3-5-16)18(13-29-24(35)20-8-9-21(26)38-20)23(34)30-15-6-7-17(19(12-15)37-25(27)28)32-10-11-36-14-22(32)33/h6-9,12,16,18,25H,2-5,10-11,13-14H2,1H3,(H,29,35)(H,30,34)/t18-/m1/s1. The van der Waals surface area contributed by atoms with Crippen LogP contribution in [0.4, 0.5) is 20.2 Å². The number of nitrogens with one attached hydrogen (secondary N) is 2. The van der Waals surface area contributed by atoms with Crippen molar-refractivity contribution in [3.63, 3.8) is 0 Å². The molecule has 206 valence electrons. The summed E-state index contributed by atoms with van der Waals surface area (Å²) in [6, 6.07) is 7.00. The number of anilines is 2. The second kappa shape index (κ2) is 12.8. The van der Waals surface area contributed by atoms with Gasteiger partial charge in [-0.1, -0.05) is 24.9 Å². The van der Waals surface area contributed by atoms with E-state index in [0.717, 1.165) is 30.6 Å². The Bertz CT molecular complexity index is 1160. The highest BCUT2D eigenvalue weighted by atomic mass is 35.5. The molecule has 0 bridgehead atoms. The lowest BCUT2D eigenvalue weighted by atomic mass is 9.90. The molecule has 2 aliphatic rings. The number of morpholine rings is 1. The van der Waals surface area contributed by atoms with Gasteiger partial charge in [0.05, 0.1) is 21.5 Å². The fourth-order valence-corrected chi connectivity index (χ4v) is 5.49. The van der Waals surface area contributed by atoms with Crippen LogP contribution in [0.2, 0.25) is 4.34 Å².